The highest BCUT2D eigenvalue weighted by Crippen LogP contribution is 2.30. The molecule has 3 aromatic rings. The highest BCUT2D eigenvalue weighted by molar-refractivity contribution is 7.98. The lowest BCUT2D eigenvalue weighted by Crippen LogP contribution is -2.30. The van der Waals surface area contributed by atoms with Crippen LogP contribution in [0.5, 0.6) is 0 Å². The number of fused-ring (bicyclic) bond motifs is 1. The molecular weight excluding hydrogens is 354 g/mol. The highest BCUT2D eigenvalue weighted by atomic mass is 32.2. The molecule has 1 aromatic carbocycles. The van der Waals surface area contributed by atoms with Crippen LogP contribution in [0.3, 0.4) is 0 Å². The first-order chi connectivity index (χ1) is 13.2. The molecule has 4 nitrogen and oxygen atoms in total. The van der Waals surface area contributed by atoms with Crippen molar-refractivity contribution in [1.29, 1.82) is 0 Å². The summed E-state index contributed by atoms with van der Waals surface area (Å²) in [6.07, 6.45) is 7.80. The van der Waals surface area contributed by atoms with E-state index in [1.165, 1.54) is 28.8 Å². The first-order valence-corrected chi connectivity index (χ1v) is 10.4. The smallest absolute Gasteiger partial charge is 0.292 e. The van der Waals surface area contributed by atoms with Gasteiger partial charge in [0.2, 0.25) is 0 Å². The van der Waals surface area contributed by atoms with Gasteiger partial charge in [-0.05, 0) is 55.9 Å². The summed E-state index contributed by atoms with van der Waals surface area (Å²) in [5.41, 5.74) is 5.92. The van der Waals surface area contributed by atoms with Gasteiger partial charge in [0.25, 0.3) is 0 Å². The van der Waals surface area contributed by atoms with Crippen molar-refractivity contribution < 1.29 is 0 Å². The molecule has 0 spiro atoms. The van der Waals surface area contributed by atoms with Crippen molar-refractivity contribution in [3.8, 4) is 0 Å². The van der Waals surface area contributed by atoms with Crippen molar-refractivity contribution in [2.75, 3.05) is 0 Å². The van der Waals surface area contributed by atoms with E-state index in [1.807, 2.05) is 16.7 Å². The SMILES string of the molecule is Cc1cccc(CSc2nc(=O)n(Cc3ccncc3)c3c2CCCC3)c1. The second kappa shape index (κ2) is 8.09. The Balaban J connectivity index is 1.65. The molecule has 2 aromatic heterocycles. The highest BCUT2D eigenvalue weighted by Gasteiger charge is 2.20. The first kappa shape index (κ1) is 18.0. The van der Waals surface area contributed by atoms with Crippen LogP contribution in [-0.2, 0) is 25.1 Å². The van der Waals surface area contributed by atoms with Crippen molar-refractivity contribution >= 4 is 11.8 Å². The molecule has 4 rings (SSSR count). The van der Waals surface area contributed by atoms with Gasteiger partial charge in [0.15, 0.2) is 0 Å². The molecule has 0 saturated heterocycles. The van der Waals surface area contributed by atoms with Crippen molar-refractivity contribution in [2.45, 2.75) is 49.9 Å². The van der Waals surface area contributed by atoms with Crippen LogP contribution in [0.25, 0.3) is 0 Å². The zero-order valence-corrected chi connectivity index (χ0v) is 16.3. The molecule has 5 heteroatoms. The van der Waals surface area contributed by atoms with Gasteiger partial charge in [0.1, 0.15) is 5.03 Å². The molecular formula is C22H23N3OS. The van der Waals surface area contributed by atoms with Crippen LogP contribution < -0.4 is 5.69 Å². The Labute approximate surface area is 163 Å². The summed E-state index contributed by atoms with van der Waals surface area (Å²) in [6.45, 7) is 2.67. The molecule has 0 aliphatic heterocycles. The van der Waals surface area contributed by atoms with E-state index in [9.17, 15) is 4.79 Å². The van der Waals surface area contributed by atoms with Gasteiger partial charge in [0.05, 0.1) is 6.54 Å². The molecule has 0 bridgehead atoms. The molecule has 0 unspecified atom stereocenters. The zero-order chi connectivity index (χ0) is 18.6. The summed E-state index contributed by atoms with van der Waals surface area (Å²) >= 11 is 1.69. The number of pyridine rings is 1. The number of benzene rings is 1. The predicted molar refractivity (Wildman–Crippen MR) is 109 cm³/mol. The molecule has 0 fully saturated rings. The molecule has 1 aliphatic carbocycles. The van der Waals surface area contributed by atoms with Gasteiger partial charge >= 0.3 is 5.69 Å². The average molecular weight is 378 g/mol. The van der Waals surface area contributed by atoms with Crippen LogP contribution in [0.2, 0.25) is 0 Å². The third kappa shape index (κ3) is 4.14. The molecule has 0 saturated carbocycles. The summed E-state index contributed by atoms with van der Waals surface area (Å²) in [4.78, 5) is 21.3. The first-order valence-electron chi connectivity index (χ1n) is 9.40. The van der Waals surface area contributed by atoms with E-state index in [4.69, 9.17) is 0 Å². The Morgan fingerprint density at radius 3 is 2.70 bits per heavy atom. The molecule has 1 aliphatic rings. The fourth-order valence-corrected chi connectivity index (χ4v) is 4.67. The number of aromatic nitrogens is 3. The van der Waals surface area contributed by atoms with Gasteiger partial charge in [-0.15, -0.1) is 11.8 Å². The number of hydrogen-bond donors (Lipinski definition) is 0. The molecule has 0 amide bonds. The van der Waals surface area contributed by atoms with E-state index >= 15 is 0 Å². The summed E-state index contributed by atoms with van der Waals surface area (Å²) in [5, 5.41) is 0.919. The Bertz CT molecular complexity index is 998. The fourth-order valence-electron chi connectivity index (χ4n) is 3.65. The maximum Gasteiger partial charge on any atom is 0.349 e. The van der Waals surface area contributed by atoms with Crippen LogP contribution in [0, 0.1) is 6.92 Å². The molecule has 0 N–H and O–H groups in total. The summed E-state index contributed by atoms with van der Waals surface area (Å²) in [5.74, 6) is 0.842. The van der Waals surface area contributed by atoms with Crippen LogP contribution >= 0.6 is 11.8 Å². The number of nitrogens with zero attached hydrogens (tertiary/aromatic N) is 3. The monoisotopic (exact) mass is 377 g/mol. The van der Waals surface area contributed by atoms with E-state index in [0.29, 0.717) is 6.54 Å². The maximum atomic E-state index is 12.8. The normalized spacial score (nSPS) is 13.4. The van der Waals surface area contributed by atoms with Crippen LogP contribution in [0.1, 0.15) is 40.8 Å². The molecule has 27 heavy (non-hydrogen) atoms. The zero-order valence-electron chi connectivity index (χ0n) is 15.5. The van der Waals surface area contributed by atoms with Crippen LogP contribution in [0.15, 0.2) is 58.6 Å². The maximum absolute atomic E-state index is 12.8. The van der Waals surface area contributed by atoms with Crippen molar-refractivity contribution in [1.82, 2.24) is 14.5 Å². The van der Waals surface area contributed by atoms with E-state index in [-0.39, 0.29) is 5.69 Å². The lowest BCUT2D eigenvalue weighted by atomic mass is 9.97. The molecule has 138 valence electrons. The Morgan fingerprint density at radius 1 is 1.07 bits per heavy atom. The third-order valence-electron chi connectivity index (χ3n) is 5.00. The number of rotatable bonds is 5. The van der Waals surface area contributed by atoms with Gasteiger partial charge in [0, 0.05) is 29.4 Å². The van der Waals surface area contributed by atoms with Crippen molar-refractivity contribution in [2.24, 2.45) is 0 Å². The topological polar surface area (TPSA) is 47.8 Å². The standard InChI is InChI=1S/C22H23N3OS/c1-16-5-4-6-18(13-16)15-27-21-19-7-2-3-8-20(19)25(22(26)24-21)14-17-9-11-23-12-10-17/h4-6,9-13H,2-3,7-8,14-15H2,1H3. The average Bonchev–Trinajstić information content (AvgIpc) is 2.70. The van der Waals surface area contributed by atoms with E-state index in [2.05, 4.69) is 41.2 Å². The summed E-state index contributed by atoms with van der Waals surface area (Å²) in [6, 6.07) is 12.4. The van der Waals surface area contributed by atoms with Crippen LogP contribution in [0.4, 0.5) is 0 Å². The van der Waals surface area contributed by atoms with E-state index < -0.39 is 0 Å². The largest absolute Gasteiger partial charge is 0.349 e. The molecule has 0 radical (unpaired) electrons. The van der Waals surface area contributed by atoms with Gasteiger partial charge in [-0.1, -0.05) is 29.8 Å². The van der Waals surface area contributed by atoms with E-state index in [1.54, 1.807) is 24.2 Å². The minimum absolute atomic E-state index is 0.140. The number of aryl methyl sites for hydroxylation is 1. The van der Waals surface area contributed by atoms with Gasteiger partial charge < -0.3 is 0 Å². The minimum atomic E-state index is -0.140. The Morgan fingerprint density at radius 2 is 1.89 bits per heavy atom. The van der Waals surface area contributed by atoms with Crippen molar-refractivity contribution in [3.63, 3.8) is 0 Å². The summed E-state index contributed by atoms with van der Waals surface area (Å²) < 4.78 is 1.86. The quantitative estimate of drug-likeness (QED) is 0.495. The molecule has 2 heterocycles. The van der Waals surface area contributed by atoms with Gasteiger partial charge in [-0.3, -0.25) is 9.55 Å². The lowest BCUT2D eigenvalue weighted by molar-refractivity contribution is 0.569. The number of hydrogen-bond acceptors (Lipinski definition) is 4. The Kier molecular flexibility index (Phi) is 5.39. The van der Waals surface area contributed by atoms with Gasteiger partial charge in [-0.25, -0.2) is 4.79 Å². The second-order valence-electron chi connectivity index (χ2n) is 7.05. The third-order valence-corrected chi connectivity index (χ3v) is 6.09. The number of thioether (sulfide) groups is 1. The Hall–Kier alpha value is -2.40. The second-order valence-corrected chi connectivity index (χ2v) is 8.02. The predicted octanol–water partition coefficient (Wildman–Crippen LogP) is 4.17. The summed E-state index contributed by atoms with van der Waals surface area (Å²) in [7, 11) is 0. The van der Waals surface area contributed by atoms with E-state index in [0.717, 1.165) is 35.6 Å². The molecule has 0 atom stereocenters. The van der Waals surface area contributed by atoms with Crippen LogP contribution in [-0.4, -0.2) is 14.5 Å². The fraction of sp³-hybridized carbons (Fsp3) is 0.318. The van der Waals surface area contributed by atoms with Crippen molar-refractivity contribution in [3.05, 3.63) is 87.2 Å². The minimum Gasteiger partial charge on any atom is -0.292 e. The lowest BCUT2D eigenvalue weighted by Gasteiger charge is -2.22. The van der Waals surface area contributed by atoms with Gasteiger partial charge in [-0.2, -0.15) is 4.98 Å².